The van der Waals surface area contributed by atoms with Crippen LogP contribution in [0.1, 0.15) is 74.6 Å². The number of nitrogens with zero attached hydrogens (tertiary/aromatic N) is 1. The number of amides is 1. The average Bonchev–Trinajstić information content (AvgIpc) is 2.62. The number of halogens is 1. The zero-order chi connectivity index (χ0) is 17.2. The summed E-state index contributed by atoms with van der Waals surface area (Å²) in [6.07, 6.45) is 12.7. The van der Waals surface area contributed by atoms with Gasteiger partial charge in [-0.2, -0.15) is 0 Å². The maximum absolute atomic E-state index is 13.9. The number of hydrogen-bond donors (Lipinski definition) is 1. The van der Waals surface area contributed by atoms with E-state index in [0.29, 0.717) is 12.1 Å². The van der Waals surface area contributed by atoms with Crippen molar-refractivity contribution in [3.63, 3.8) is 0 Å². The van der Waals surface area contributed by atoms with Crippen molar-refractivity contribution in [1.29, 1.82) is 0 Å². The fourth-order valence-electron chi connectivity index (χ4n) is 5.42. The molecule has 0 aromatic heterocycles. The van der Waals surface area contributed by atoms with Gasteiger partial charge in [0.15, 0.2) is 0 Å². The first-order chi connectivity index (χ1) is 12.2. The maximum Gasteiger partial charge on any atom is 0.254 e. The summed E-state index contributed by atoms with van der Waals surface area (Å²) >= 11 is 0. The van der Waals surface area contributed by atoms with Gasteiger partial charge >= 0.3 is 0 Å². The van der Waals surface area contributed by atoms with Crippen molar-refractivity contribution < 1.29 is 9.18 Å². The lowest BCUT2D eigenvalue weighted by Crippen LogP contribution is -2.60. The molecule has 3 nitrogen and oxygen atoms in total. The van der Waals surface area contributed by atoms with Gasteiger partial charge in [0.05, 0.1) is 5.56 Å². The minimum Gasteiger partial charge on any atom is -0.349 e. The lowest BCUT2D eigenvalue weighted by atomic mass is 9.78. The highest BCUT2D eigenvalue weighted by Gasteiger charge is 2.42. The lowest BCUT2D eigenvalue weighted by molar-refractivity contribution is -0.0212. The van der Waals surface area contributed by atoms with Crippen molar-refractivity contribution in [3.8, 4) is 0 Å². The number of fused-ring (bicyclic) bond motifs is 2. The third-order valence-electron chi connectivity index (χ3n) is 6.48. The van der Waals surface area contributed by atoms with Crippen LogP contribution in [0.3, 0.4) is 0 Å². The summed E-state index contributed by atoms with van der Waals surface area (Å²) in [6.45, 7) is 0. The van der Waals surface area contributed by atoms with E-state index in [-0.39, 0.29) is 17.5 Å². The molecule has 2 atom stereocenters. The van der Waals surface area contributed by atoms with E-state index in [1.54, 1.807) is 18.2 Å². The molecule has 1 N–H and O–H groups in total. The van der Waals surface area contributed by atoms with Gasteiger partial charge in [-0.3, -0.25) is 9.69 Å². The van der Waals surface area contributed by atoms with Crippen molar-refractivity contribution in [2.45, 2.75) is 88.4 Å². The molecule has 1 aliphatic carbocycles. The molecule has 1 saturated carbocycles. The largest absolute Gasteiger partial charge is 0.349 e. The maximum atomic E-state index is 13.9. The molecule has 3 aliphatic rings. The summed E-state index contributed by atoms with van der Waals surface area (Å²) < 4.78 is 13.9. The Balaban J connectivity index is 1.43. The monoisotopic (exact) mass is 344 g/mol. The van der Waals surface area contributed by atoms with Crippen LogP contribution in [0.15, 0.2) is 24.3 Å². The van der Waals surface area contributed by atoms with E-state index >= 15 is 0 Å². The number of piperidine rings is 2. The fourth-order valence-corrected chi connectivity index (χ4v) is 5.42. The lowest BCUT2D eigenvalue weighted by Gasteiger charge is -2.53. The standard InChI is InChI=1S/C21H29FN2O/c22-20-12-5-4-11-19(20)21(25)23-15-13-17-9-6-10-18(14-15)24(17)16-7-2-1-3-8-16/h4-5,11-12,15-18H,1-3,6-10,13-14H2,(H,23,25)/t17-,18-/m0/s1. The molecule has 3 fully saturated rings. The number of benzene rings is 1. The molecule has 1 aromatic carbocycles. The summed E-state index contributed by atoms with van der Waals surface area (Å²) in [5, 5.41) is 3.12. The Bertz CT molecular complexity index is 600. The molecule has 2 bridgehead atoms. The van der Waals surface area contributed by atoms with E-state index in [4.69, 9.17) is 0 Å². The minimum atomic E-state index is -0.431. The summed E-state index contributed by atoms with van der Waals surface area (Å²) in [5.41, 5.74) is 0.169. The van der Waals surface area contributed by atoms with Crippen molar-refractivity contribution >= 4 is 5.91 Å². The molecule has 1 amide bonds. The highest BCUT2D eigenvalue weighted by molar-refractivity contribution is 5.94. The minimum absolute atomic E-state index is 0.169. The van der Waals surface area contributed by atoms with Crippen molar-refractivity contribution in [2.24, 2.45) is 0 Å². The third-order valence-corrected chi connectivity index (χ3v) is 6.48. The summed E-state index contributed by atoms with van der Waals surface area (Å²) in [7, 11) is 0. The van der Waals surface area contributed by atoms with Crippen molar-refractivity contribution in [1.82, 2.24) is 10.2 Å². The third kappa shape index (κ3) is 3.59. The zero-order valence-corrected chi connectivity index (χ0v) is 14.9. The SMILES string of the molecule is O=C(NC1C[C@@H]2CCC[C@@H](C1)N2C1CCCCC1)c1ccccc1F. The number of carbonyl (C=O) groups is 1. The molecule has 0 unspecified atom stereocenters. The topological polar surface area (TPSA) is 32.3 Å². The molecular weight excluding hydrogens is 315 g/mol. The molecule has 136 valence electrons. The van der Waals surface area contributed by atoms with Gasteiger partial charge in [0.1, 0.15) is 5.82 Å². The van der Waals surface area contributed by atoms with Crippen LogP contribution in [0.5, 0.6) is 0 Å². The molecule has 4 heteroatoms. The van der Waals surface area contributed by atoms with Crippen LogP contribution in [-0.2, 0) is 0 Å². The van der Waals surface area contributed by atoms with E-state index in [9.17, 15) is 9.18 Å². The van der Waals surface area contributed by atoms with Gasteiger partial charge < -0.3 is 5.32 Å². The normalized spacial score (nSPS) is 30.8. The second-order valence-electron chi connectivity index (χ2n) is 8.10. The Kier molecular flexibility index (Phi) is 5.07. The smallest absolute Gasteiger partial charge is 0.254 e. The molecule has 2 aliphatic heterocycles. The van der Waals surface area contributed by atoms with Crippen molar-refractivity contribution in [3.05, 3.63) is 35.6 Å². The highest BCUT2D eigenvalue weighted by atomic mass is 19.1. The van der Waals surface area contributed by atoms with Crippen LogP contribution in [-0.4, -0.2) is 35.0 Å². The van der Waals surface area contributed by atoms with Gasteiger partial charge in [-0.1, -0.05) is 37.8 Å². The van der Waals surface area contributed by atoms with Crippen molar-refractivity contribution in [2.75, 3.05) is 0 Å². The Morgan fingerprint density at radius 1 is 0.920 bits per heavy atom. The predicted molar refractivity (Wildman–Crippen MR) is 97.0 cm³/mol. The Labute approximate surface area is 150 Å². The molecular formula is C21H29FN2O. The number of hydrogen-bond acceptors (Lipinski definition) is 2. The van der Waals surface area contributed by atoms with Crippen LogP contribution in [0.4, 0.5) is 4.39 Å². The van der Waals surface area contributed by atoms with E-state index in [1.807, 2.05) is 0 Å². The first kappa shape index (κ1) is 17.0. The van der Waals surface area contributed by atoms with Gasteiger partial charge in [-0.05, 0) is 50.7 Å². The van der Waals surface area contributed by atoms with E-state index < -0.39 is 5.82 Å². The highest BCUT2D eigenvalue weighted by Crippen LogP contribution is 2.39. The average molecular weight is 344 g/mol. The van der Waals surface area contributed by atoms with Crippen LogP contribution < -0.4 is 5.32 Å². The first-order valence-corrected chi connectivity index (χ1v) is 10.0. The van der Waals surface area contributed by atoms with Gasteiger partial charge in [0, 0.05) is 24.2 Å². The molecule has 4 rings (SSSR count). The van der Waals surface area contributed by atoms with E-state index in [0.717, 1.165) is 18.9 Å². The number of carbonyl (C=O) groups excluding carboxylic acids is 1. The zero-order valence-electron chi connectivity index (χ0n) is 14.9. The van der Waals surface area contributed by atoms with Crippen LogP contribution in [0.25, 0.3) is 0 Å². The predicted octanol–water partition coefficient (Wildman–Crippen LogP) is 4.27. The molecule has 2 heterocycles. The molecule has 1 aromatic rings. The van der Waals surface area contributed by atoms with Gasteiger partial charge in [0.2, 0.25) is 0 Å². The second-order valence-corrected chi connectivity index (χ2v) is 8.10. The van der Waals surface area contributed by atoms with Crippen LogP contribution in [0, 0.1) is 5.82 Å². The van der Waals surface area contributed by atoms with E-state index in [1.165, 1.54) is 57.4 Å². The Hall–Kier alpha value is -1.42. The number of nitrogens with one attached hydrogen (secondary N) is 1. The molecule has 0 spiro atoms. The first-order valence-electron chi connectivity index (χ1n) is 10.0. The van der Waals surface area contributed by atoms with Gasteiger partial charge in [-0.15, -0.1) is 0 Å². The summed E-state index contributed by atoms with van der Waals surface area (Å²) in [4.78, 5) is 15.3. The quantitative estimate of drug-likeness (QED) is 0.888. The fraction of sp³-hybridized carbons (Fsp3) is 0.667. The van der Waals surface area contributed by atoms with Crippen LogP contribution in [0.2, 0.25) is 0 Å². The van der Waals surface area contributed by atoms with Gasteiger partial charge in [0.25, 0.3) is 5.91 Å². The molecule has 2 saturated heterocycles. The Morgan fingerprint density at radius 2 is 1.56 bits per heavy atom. The van der Waals surface area contributed by atoms with Crippen LogP contribution >= 0.6 is 0 Å². The number of rotatable bonds is 3. The van der Waals surface area contributed by atoms with Gasteiger partial charge in [-0.25, -0.2) is 4.39 Å². The second kappa shape index (κ2) is 7.45. The Morgan fingerprint density at radius 3 is 2.24 bits per heavy atom. The molecule has 25 heavy (non-hydrogen) atoms. The summed E-state index contributed by atoms with van der Waals surface area (Å²) in [6, 6.07) is 8.41. The summed E-state index contributed by atoms with van der Waals surface area (Å²) in [5.74, 6) is -0.688. The van der Waals surface area contributed by atoms with E-state index in [2.05, 4.69) is 10.2 Å². The molecule has 0 radical (unpaired) electrons.